The van der Waals surface area contributed by atoms with Crippen LogP contribution in [0.25, 0.3) is 0 Å². The maximum atomic E-state index is 6.10. The Balaban J connectivity index is 0.00000196. The van der Waals surface area contributed by atoms with Gasteiger partial charge >= 0.3 is 0 Å². The number of unbranched alkanes of at least 4 members (excludes halogenated alkanes) is 2. The highest BCUT2D eigenvalue weighted by atomic mass is 35.5. The molecule has 0 amide bonds. The summed E-state index contributed by atoms with van der Waals surface area (Å²) in [5.74, 6) is 0. The van der Waals surface area contributed by atoms with Gasteiger partial charge in [0.25, 0.3) is 0 Å². The molecule has 2 N–H and O–H groups in total. The molecule has 2 heteroatoms. The smallest absolute Gasteiger partial charge is 0.0294 e. The number of hydrogen-bond donors (Lipinski definition) is 1. The summed E-state index contributed by atoms with van der Waals surface area (Å²) in [6.07, 6.45) is 4.91. The van der Waals surface area contributed by atoms with Gasteiger partial charge < -0.3 is 5.73 Å². The minimum Gasteiger partial charge on any atom is -0.324 e. The van der Waals surface area contributed by atoms with Crippen LogP contribution in [0.2, 0.25) is 0 Å². The zero-order valence-corrected chi connectivity index (χ0v) is 10.5. The van der Waals surface area contributed by atoms with Crippen LogP contribution in [-0.2, 0) is 0 Å². The van der Waals surface area contributed by atoms with Gasteiger partial charge in [-0.2, -0.15) is 0 Å². The van der Waals surface area contributed by atoms with Gasteiger partial charge in [-0.1, -0.05) is 56.0 Å². The molecule has 0 radical (unpaired) electrons. The van der Waals surface area contributed by atoms with E-state index in [0.29, 0.717) is 0 Å². The van der Waals surface area contributed by atoms with Crippen molar-refractivity contribution in [1.29, 1.82) is 0 Å². The molecule has 0 unspecified atom stereocenters. The third-order valence-electron chi connectivity index (χ3n) is 2.59. The summed E-state index contributed by atoms with van der Waals surface area (Å²) < 4.78 is 0. The normalized spacial score (nSPS) is 11.9. The first-order valence-electron chi connectivity index (χ1n) is 5.56. The van der Waals surface area contributed by atoms with Crippen LogP contribution in [0.4, 0.5) is 0 Å². The van der Waals surface area contributed by atoms with Crippen LogP contribution >= 0.6 is 12.4 Å². The molecule has 1 aromatic rings. The summed E-state index contributed by atoms with van der Waals surface area (Å²) in [7, 11) is 0. The second kappa shape index (κ2) is 7.72. The van der Waals surface area contributed by atoms with Gasteiger partial charge in [0.15, 0.2) is 0 Å². The van der Waals surface area contributed by atoms with E-state index in [-0.39, 0.29) is 18.4 Å². The largest absolute Gasteiger partial charge is 0.324 e. The molecule has 0 fully saturated rings. The Morgan fingerprint density at radius 2 is 2.00 bits per heavy atom. The Hall–Kier alpha value is -0.530. The van der Waals surface area contributed by atoms with Crippen molar-refractivity contribution in [3.8, 4) is 0 Å². The van der Waals surface area contributed by atoms with Crippen LogP contribution in [0.1, 0.15) is 49.8 Å². The average molecular weight is 228 g/mol. The predicted octanol–water partition coefficient (Wildman–Crippen LogP) is 4.00. The molecule has 1 aromatic carbocycles. The topological polar surface area (TPSA) is 26.0 Å². The molecule has 15 heavy (non-hydrogen) atoms. The van der Waals surface area contributed by atoms with E-state index in [9.17, 15) is 0 Å². The van der Waals surface area contributed by atoms with Gasteiger partial charge in [-0.25, -0.2) is 0 Å². The van der Waals surface area contributed by atoms with Crippen LogP contribution in [0.3, 0.4) is 0 Å². The summed E-state index contributed by atoms with van der Waals surface area (Å²) >= 11 is 0. The van der Waals surface area contributed by atoms with Crippen molar-refractivity contribution in [2.45, 2.75) is 45.6 Å². The fourth-order valence-electron chi connectivity index (χ4n) is 1.68. The van der Waals surface area contributed by atoms with Crippen molar-refractivity contribution in [3.63, 3.8) is 0 Å². The summed E-state index contributed by atoms with van der Waals surface area (Å²) in [6.45, 7) is 4.33. The number of benzene rings is 1. The molecular formula is C13H22ClN. The van der Waals surface area contributed by atoms with Crippen LogP contribution in [0, 0.1) is 6.92 Å². The number of rotatable bonds is 5. The molecule has 0 aliphatic rings. The van der Waals surface area contributed by atoms with Gasteiger partial charge in [0, 0.05) is 6.04 Å². The van der Waals surface area contributed by atoms with E-state index in [1.54, 1.807) is 0 Å². The molecule has 1 atom stereocenters. The highest BCUT2D eigenvalue weighted by Gasteiger charge is 2.04. The van der Waals surface area contributed by atoms with E-state index in [1.807, 2.05) is 0 Å². The molecule has 0 saturated carbocycles. The van der Waals surface area contributed by atoms with Gasteiger partial charge in [0.1, 0.15) is 0 Å². The summed E-state index contributed by atoms with van der Waals surface area (Å²) in [5.41, 5.74) is 8.68. The third-order valence-corrected chi connectivity index (χ3v) is 2.59. The highest BCUT2D eigenvalue weighted by molar-refractivity contribution is 5.85. The zero-order valence-electron chi connectivity index (χ0n) is 9.70. The fraction of sp³-hybridized carbons (Fsp3) is 0.538. The summed E-state index contributed by atoms with van der Waals surface area (Å²) in [4.78, 5) is 0. The standard InChI is InChI=1S/C13H21N.ClH/c1-3-4-5-9-13(14)12-8-6-7-11(2)10-12;/h6-8,10,13H,3-5,9,14H2,1-2H3;1H/t13-;/m0./s1. The predicted molar refractivity (Wildman–Crippen MR) is 69.5 cm³/mol. The second-order valence-electron chi connectivity index (χ2n) is 4.02. The van der Waals surface area contributed by atoms with E-state index in [0.717, 1.165) is 6.42 Å². The summed E-state index contributed by atoms with van der Waals surface area (Å²) in [6, 6.07) is 8.74. The van der Waals surface area contributed by atoms with Gasteiger partial charge in [-0.05, 0) is 18.9 Å². The molecule has 0 aromatic heterocycles. The molecule has 0 heterocycles. The first-order valence-corrected chi connectivity index (χ1v) is 5.56. The van der Waals surface area contributed by atoms with E-state index >= 15 is 0 Å². The van der Waals surface area contributed by atoms with E-state index in [4.69, 9.17) is 5.73 Å². The SMILES string of the molecule is CCCCC[C@H](N)c1cccc(C)c1.Cl. The van der Waals surface area contributed by atoms with Crippen molar-refractivity contribution >= 4 is 12.4 Å². The van der Waals surface area contributed by atoms with Crippen LogP contribution in [0.5, 0.6) is 0 Å². The molecule has 1 nitrogen and oxygen atoms in total. The Bertz CT molecular complexity index is 273. The van der Waals surface area contributed by atoms with Crippen molar-refractivity contribution in [1.82, 2.24) is 0 Å². The number of aryl methyl sites for hydroxylation is 1. The Kier molecular flexibility index (Phi) is 7.45. The minimum absolute atomic E-state index is 0. The van der Waals surface area contributed by atoms with E-state index in [2.05, 4.69) is 38.1 Å². The lowest BCUT2D eigenvalue weighted by atomic mass is 10.00. The van der Waals surface area contributed by atoms with Crippen LogP contribution in [-0.4, -0.2) is 0 Å². The molecule has 0 aliphatic carbocycles. The van der Waals surface area contributed by atoms with E-state index < -0.39 is 0 Å². The summed E-state index contributed by atoms with van der Waals surface area (Å²) in [5, 5.41) is 0. The monoisotopic (exact) mass is 227 g/mol. The first kappa shape index (κ1) is 14.5. The number of halogens is 1. The Morgan fingerprint density at radius 1 is 1.27 bits per heavy atom. The quantitative estimate of drug-likeness (QED) is 0.757. The molecule has 1 rings (SSSR count). The van der Waals surface area contributed by atoms with Crippen molar-refractivity contribution in [3.05, 3.63) is 35.4 Å². The van der Waals surface area contributed by atoms with Crippen molar-refractivity contribution in [2.24, 2.45) is 5.73 Å². The zero-order chi connectivity index (χ0) is 10.4. The van der Waals surface area contributed by atoms with Gasteiger partial charge in [0.05, 0.1) is 0 Å². The number of nitrogens with two attached hydrogens (primary N) is 1. The maximum Gasteiger partial charge on any atom is 0.0294 e. The fourth-order valence-corrected chi connectivity index (χ4v) is 1.68. The molecular weight excluding hydrogens is 206 g/mol. The highest BCUT2D eigenvalue weighted by Crippen LogP contribution is 2.17. The van der Waals surface area contributed by atoms with E-state index in [1.165, 1.54) is 30.4 Å². The minimum atomic E-state index is 0. The Labute approximate surface area is 99.5 Å². The van der Waals surface area contributed by atoms with Crippen LogP contribution < -0.4 is 5.73 Å². The molecule has 0 spiro atoms. The number of hydrogen-bond acceptors (Lipinski definition) is 1. The maximum absolute atomic E-state index is 6.10. The van der Waals surface area contributed by atoms with Crippen molar-refractivity contribution < 1.29 is 0 Å². The van der Waals surface area contributed by atoms with Crippen LogP contribution in [0.15, 0.2) is 24.3 Å². The third kappa shape index (κ3) is 5.19. The molecule has 0 saturated heterocycles. The van der Waals surface area contributed by atoms with Gasteiger partial charge in [-0.3, -0.25) is 0 Å². The molecule has 86 valence electrons. The van der Waals surface area contributed by atoms with Gasteiger partial charge in [0.2, 0.25) is 0 Å². The Morgan fingerprint density at radius 3 is 2.60 bits per heavy atom. The van der Waals surface area contributed by atoms with Crippen molar-refractivity contribution in [2.75, 3.05) is 0 Å². The first-order chi connectivity index (χ1) is 6.74. The molecule has 0 bridgehead atoms. The van der Waals surface area contributed by atoms with Gasteiger partial charge in [-0.15, -0.1) is 12.4 Å². The lowest BCUT2D eigenvalue weighted by molar-refractivity contribution is 0.581. The molecule has 0 aliphatic heterocycles. The lowest BCUT2D eigenvalue weighted by Crippen LogP contribution is -2.10. The lowest BCUT2D eigenvalue weighted by Gasteiger charge is -2.12. The average Bonchev–Trinajstić information content (AvgIpc) is 2.18. The second-order valence-corrected chi connectivity index (χ2v) is 4.02.